The summed E-state index contributed by atoms with van der Waals surface area (Å²) in [5, 5.41) is 10.6. The molecule has 0 saturated heterocycles. The number of carbonyl (C=O) groups is 2. The molecule has 9 heteroatoms. The number of carboxylic acid groups (broad SMARTS) is 1. The molecule has 6 nitrogen and oxygen atoms in total. The lowest BCUT2D eigenvalue weighted by molar-refractivity contribution is -0.148. The predicted octanol–water partition coefficient (Wildman–Crippen LogP) is 1.07. The Morgan fingerprint density at radius 1 is 1.37 bits per heavy atom. The standard InChI is InChI=1S/C10H17F3N2O4/c1-7(2)19-4-3-14-9(18)15(5-8(16)17)6-10(11,12)13/h7H,3-6H2,1-2H3,(H,14,18)(H,16,17). The third kappa shape index (κ3) is 10.1. The van der Waals surface area contributed by atoms with Crippen molar-refractivity contribution in [2.75, 3.05) is 26.2 Å². The monoisotopic (exact) mass is 286 g/mol. The third-order valence-electron chi connectivity index (χ3n) is 1.81. The molecule has 0 heterocycles. The van der Waals surface area contributed by atoms with E-state index in [-0.39, 0.29) is 24.2 Å². The molecule has 0 aromatic carbocycles. The van der Waals surface area contributed by atoms with E-state index in [4.69, 9.17) is 9.84 Å². The molecule has 112 valence electrons. The average molecular weight is 286 g/mol. The van der Waals surface area contributed by atoms with Crippen LogP contribution in [0.2, 0.25) is 0 Å². The summed E-state index contributed by atoms with van der Waals surface area (Å²) >= 11 is 0. The maximum Gasteiger partial charge on any atom is 0.406 e. The van der Waals surface area contributed by atoms with Crippen LogP contribution >= 0.6 is 0 Å². The normalized spacial score (nSPS) is 11.5. The number of hydrogen-bond acceptors (Lipinski definition) is 3. The number of carboxylic acids is 1. The highest BCUT2D eigenvalue weighted by Gasteiger charge is 2.33. The summed E-state index contributed by atoms with van der Waals surface area (Å²) in [5.41, 5.74) is 0. The molecule has 0 saturated carbocycles. The fourth-order valence-electron chi connectivity index (χ4n) is 1.14. The number of nitrogens with zero attached hydrogens (tertiary/aromatic N) is 1. The van der Waals surface area contributed by atoms with Gasteiger partial charge in [-0.25, -0.2) is 4.79 Å². The van der Waals surface area contributed by atoms with Gasteiger partial charge < -0.3 is 20.1 Å². The SMILES string of the molecule is CC(C)OCCNC(=O)N(CC(=O)O)CC(F)(F)F. The Morgan fingerprint density at radius 3 is 2.37 bits per heavy atom. The van der Waals surface area contributed by atoms with Crippen molar-refractivity contribution in [3.8, 4) is 0 Å². The molecule has 0 radical (unpaired) electrons. The third-order valence-corrected chi connectivity index (χ3v) is 1.81. The zero-order valence-corrected chi connectivity index (χ0v) is 10.7. The smallest absolute Gasteiger partial charge is 0.406 e. The summed E-state index contributed by atoms with van der Waals surface area (Å²) in [5.74, 6) is -1.52. The summed E-state index contributed by atoms with van der Waals surface area (Å²) < 4.78 is 41.6. The molecule has 0 aromatic rings. The first kappa shape index (κ1) is 17.5. The minimum Gasteiger partial charge on any atom is -0.480 e. The van der Waals surface area contributed by atoms with Crippen LogP contribution in [0.4, 0.5) is 18.0 Å². The van der Waals surface area contributed by atoms with E-state index in [1.807, 2.05) is 0 Å². The molecule has 2 amide bonds. The topological polar surface area (TPSA) is 78.9 Å². The van der Waals surface area contributed by atoms with Crippen LogP contribution in [0, 0.1) is 0 Å². The fourth-order valence-corrected chi connectivity index (χ4v) is 1.14. The first-order chi connectivity index (χ1) is 8.61. The summed E-state index contributed by atoms with van der Waals surface area (Å²) in [6.45, 7) is 1.04. The van der Waals surface area contributed by atoms with Crippen molar-refractivity contribution in [3.63, 3.8) is 0 Å². The number of carbonyl (C=O) groups excluding carboxylic acids is 1. The molecule has 0 aliphatic carbocycles. The van der Waals surface area contributed by atoms with Crippen LogP contribution in [0.3, 0.4) is 0 Å². The molecular formula is C10H17F3N2O4. The number of alkyl halides is 3. The molecule has 0 aliphatic rings. The lowest BCUT2D eigenvalue weighted by Gasteiger charge is -2.22. The van der Waals surface area contributed by atoms with E-state index in [2.05, 4.69) is 5.32 Å². The lowest BCUT2D eigenvalue weighted by atomic mass is 10.4. The van der Waals surface area contributed by atoms with E-state index in [9.17, 15) is 22.8 Å². The summed E-state index contributed by atoms with van der Waals surface area (Å²) in [6.07, 6.45) is -4.72. The Kier molecular flexibility index (Phi) is 7.20. The van der Waals surface area contributed by atoms with Gasteiger partial charge in [0.25, 0.3) is 0 Å². The maximum atomic E-state index is 12.2. The maximum absolute atomic E-state index is 12.2. The Bertz CT molecular complexity index is 308. The van der Waals surface area contributed by atoms with Crippen molar-refractivity contribution in [1.29, 1.82) is 0 Å². The van der Waals surface area contributed by atoms with Crippen LogP contribution < -0.4 is 5.32 Å². The number of nitrogens with one attached hydrogen (secondary N) is 1. The van der Waals surface area contributed by atoms with Gasteiger partial charge in [-0.05, 0) is 13.8 Å². The molecule has 0 fully saturated rings. The molecule has 0 atom stereocenters. The molecule has 0 spiro atoms. The fraction of sp³-hybridized carbons (Fsp3) is 0.800. The van der Waals surface area contributed by atoms with Gasteiger partial charge in [-0.2, -0.15) is 13.2 Å². The number of aliphatic carboxylic acids is 1. The molecule has 0 bridgehead atoms. The van der Waals surface area contributed by atoms with Crippen molar-refractivity contribution >= 4 is 12.0 Å². The van der Waals surface area contributed by atoms with Gasteiger partial charge >= 0.3 is 18.2 Å². The van der Waals surface area contributed by atoms with Gasteiger partial charge in [0.05, 0.1) is 12.7 Å². The van der Waals surface area contributed by atoms with Crippen molar-refractivity contribution in [2.24, 2.45) is 0 Å². The van der Waals surface area contributed by atoms with Crippen molar-refractivity contribution in [1.82, 2.24) is 10.2 Å². The minimum absolute atomic E-state index is 0.00495. The van der Waals surface area contributed by atoms with Gasteiger partial charge in [-0.1, -0.05) is 0 Å². The van der Waals surface area contributed by atoms with Gasteiger partial charge in [0.15, 0.2) is 0 Å². The first-order valence-electron chi connectivity index (χ1n) is 5.54. The quantitative estimate of drug-likeness (QED) is 0.686. The average Bonchev–Trinajstić information content (AvgIpc) is 2.20. The number of rotatable bonds is 7. The highest BCUT2D eigenvalue weighted by atomic mass is 19.4. The zero-order chi connectivity index (χ0) is 15.1. The van der Waals surface area contributed by atoms with Gasteiger partial charge in [0.1, 0.15) is 13.1 Å². The Morgan fingerprint density at radius 2 is 1.95 bits per heavy atom. The number of hydrogen-bond donors (Lipinski definition) is 2. The highest BCUT2D eigenvalue weighted by molar-refractivity contribution is 5.80. The van der Waals surface area contributed by atoms with Crippen molar-refractivity contribution in [2.45, 2.75) is 26.1 Å². The summed E-state index contributed by atoms with van der Waals surface area (Å²) in [6, 6.07) is -1.09. The Labute approximate surface area is 108 Å². The molecular weight excluding hydrogens is 269 g/mol. The number of urea groups is 1. The van der Waals surface area contributed by atoms with E-state index in [1.165, 1.54) is 0 Å². The lowest BCUT2D eigenvalue weighted by Crippen LogP contribution is -2.47. The largest absolute Gasteiger partial charge is 0.480 e. The van der Waals surface area contributed by atoms with Gasteiger partial charge in [0.2, 0.25) is 0 Å². The van der Waals surface area contributed by atoms with Crippen LogP contribution in [0.1, 0.15) is 13.8 Å². The van der Waals surface area contributed by atoms with Gasteiger partial charge in [-0.3, -0.25) is 4.79 Å². The van der Waals surface area contributed by atoms with Gasteiger partial charge in [-0.15, -0.1) is 0 Å². The van der Waals surface area contributed by atoms with Crippen molar-refractivity contribution in [3.05, 3.63) is 0 Å². The van der Waals surface area contributed by atoms with Crippen LogP contribution in [0.5, 0.6) is 0 Å². The second kappa shape index (κ2) is 7.82. The van der Waals surface area contributed by atoms with Crippen LogP contribution in [-0.4, -0.2) is 60.5 Å². The van der Waals surface area contributed by atoms with E-state index in [0.717, 1.165) is 0 Å². The van der Waals surface area contributed by atoms with E-state index >= 15 is 0 Å². The van der Waals surface area contributed by atoms with E-state index < -0.39 is 31.3 Å². The summed E-state index contributed by atoms with van der Waals surface area (Å²) in [4.78, 5) is 22.0. The van der Waals surface area contributed by atoms with E-state index in [1.54, 1.807) is 13.8 Å². The second-order valence-corrected chi connectivity index (χ2v) is 4.02. The Hall–Kier alpha value is -1.51. The zero-order valence-electron chi connectivity index (χ0n) is 10.7. The molecule has 0 rings (SSSR count). The molecule has 0 aromatic heterocycles. The molecule has 19 heavy (non-hydrogen) atoms. The van der Waals surface area contributed by atoms with Crippen LogP contribution in [-0.2, 0) is 9.53 Å². The van der Waals surface area contributed by atoms with Crippen LogP contribution in [0.25, 0.3) is 0 Å². The van der Waals surface area contributed by atoms with Gasteiger partial charge in [0, 0.05) is 6.54 Å². The Balaban J connectivity index is 4.26. The van der Waals surface area contributed by atoms with Crippen LogP contribution in [0.15, 0.2) is 0 Å². The summed E-state index contributed by atoms with van der Waals surface area (Å²) in [7, 11) is 0. The molecule has 0 unspecified atom stereocenters. The highest BCUT2D eigenvalue weighted by Crippen LogP contribution is 2.16. The first-order valence-corrected chi connectivity index (χ1v) is 5.54. The van der Waals surface area contributed by atoms with E-state index in [0.29, 0.717) is 0 Å². The predicted molar refractivity (Wildman–Crippen MR) is 59.8 cm³/mol. The molecule has 2 N–H and O–H groups in total. The number of amides is 2. The number of ether oxygens (including phenoxy) is 1. The minimum atomic E-state index is -4.65. The molecule has 0 aliphatic heterocycles. The second-order valence-electron chi connectivity index (χ2n) is 4.02. The number of halogens is 3. The van der Waals surface area contributed by atoms with Crippen molar-refractivity contribution < 1.29 is 32.6 Å².